The van der Waals surface area contributed by atoms with Crippen molar-refractivity contribution in [3.63, 3.8) is 0 Å². The first kappa shape index (κ1) is 19.5. The number of aryl methyl sites for hydroxylation is 1. The topological polar surface area (TPSA) is 67.4 Å². The third kappa shape index (κ3) is 6.97. The van der Waals surface area contributed by atoms with Crippen molar-refractivity contribution >= 4 is 11.8 Å². The van der Waals surface area contributed by atoms with E-state index in [4.69, 9.17) is 4.74 Å². The number of rotatable bonds is 9. The molecular formula is C21H26N2O3. The number of ether oxygens (including phenoxy) is 1. The van der Waals surface area contributed by atoms with E-state index in [0.29, 0.717) is 26.0 Å². The molecule has 0 aromatic heterocycles. The minimum atomic E-state index is -0.566. The molecule has 26 heavy (non-hydrogen) atoms. The molecule has 0 radical (unpaired) electrons. The Kier molecular flexibility index (Phi) is 7.68. The second-order valence-corrected chi connectivity index (χ2v) is 6.26. The molecule has 1 unspecified atom stereocenters. The van der Waals surface area contributed by atoms with Crippen LogP contribution in [-0.2, 0) is 16.1 Å². The monoisotopic (exact) mass is 354 g/mol. The van der Waals surface area contributed by atoms with Crippen LogP contribution >= 0.6 is 0 Å². The van der Waals surface area contributed by atoms with Gasteiger partial charge in [-0.2, -0.15) is 0 Å². The largest absolute Gasteiger partial charge is 0.494 e. The van der Waals surface area contributed by atoms with Crippen molar-refractivity contribution in [2.45, 2.75) is 39.3 Å². The smallest absolute Gasteiger partial charge is 0.242 e. The van der Waals surface area contributed by atoms with Gasteiger partial charge in [-0.15, -0.1) is 0 Å². The molecule has 0 spiro atoms. The maximum atomic E-state index is 12.0. The van der Waals surface area contributed by atoms with Gasteiger partial charge >= 0.3 is 0 Å². The highest BCUT2D eigenvalue weighted by atomic mass is 16.5. The molecule has 5 heteroatoms. The van der Waals surface area contributed by atoms with E-state index >= 15 is 0 Å². The normalized spacial score (nSPS) is 11.5. The fourth-order valence-electron chi connectivity index (χ4n) is 2.45. The van der Waals surface area contributed by atoms with Gasteiger partial charge in [-0.3, -0.25) is 9.59 Å². The Bertz CT molecular complexity index is 716. The van der Waals surface area contributed by atoms with Gasteiger partial charge in [0.1, 0.15) is 11.8 Å². The summed E-state index contributed by atoms with van der Waals surface area (Å²) < 4.78 is 5.62. The zero-order chi connectivity index (χ0) is 18.8. The van der Waals surface area contributed by atoms with Crippen LogP contribution in [0.5, 0.6) is 5.75 Å². The maximum absolute atomic E-state index is 12.0. The first-order valence-corrected chi connectivity index (χ1v) is 8.85. The van der Waals surface area contributed by atoms with Crippen LogP contribution in [-0.4, -0.2) is 24.5 Å². The summed E-state index contributed by atoms with van der Waals surface area (Å²) in [5, 5.41) is 5.54. The third-order valence-electron chi connectivity index (χ3n) is 3.89. The van der Waals surface area contributed by atoms with Gasteiger partial charge in [0, 0.05) is 13.0 Å². The Morgan fingerprint density at radius 1 is 1.08 bits per heavy atom. The summed E-state index contributed by atoms with van der Waals surface area (Å²) in [4.78, 5) is 24.0. The van der Waals surface area contributed by atoms with Crippen LogP contribution in [0.1, 0.15) is 30.9 Å². The van der Waals surface area contributed by atoms with Crippen LogP contribution in [0.2, 0.25) is 0 Å². The molecule has 2 amide bonds. The molecule has 0 bridgehead atoms. The lowest BCUT2D eigenvalue weighted by Gasteiger charge is -2.14. The fourth-order valence-corrected chi connectivity index (χ4v) is 2.45. The van der Waals surface area contributed by atoms with E-state index in [2.05, 4.69) is 10.6 Å². The summed E-state index contributed by atoms with van der Waals surface area (Å²) in [5.41, 5.74) is 2.16. The van der Waals surface area contributed by atoms with Crippen molar-refractivity contribution in [2.24, 2.45) is 0 Å². The molecule has 5 nitrogen and oxygen atoms in total. The highest BCUT2D eigenvalue weighted by molar-refractivity contribution is 5.87. The van der Waals surface area contributed by atoms with Crippen LogP contribution in [0, 0.1) is 6.92 Å². The van der Waals surface area contributed by atoms with Crippen molar-refractivity contribution in [3.05, 3.63) is 65.7 Å². The summed E-state index contributed by atoms with van der Waals surface area (Å²) in [6, 6.07) is 16.9. The summed E-state index contributed by atoms with van der Waals surface area (Å²) in [7, 11) is 0. The van der Waals surface area contributed by atoms with Crippen molar-refractivity contribution in [1.29, 1.82) is 0 Å². The molecule has 2 aromatic rings. The molecule has 1 atom stereocenters. The Labute approximate surface area is 154 Å². The fraction of sp³-hybridized carbons (Fsp3) is 0.333. The first-order valence-electron chi connectivity index (χ1n) is 8.85. The van der Waals surface area contributed by atoms with Crippen molar-refractivity contribution < 1.29 is 14.3 Å². The highest BCUT2D eigenvalue weighted by Gasteiger charge is 2.14. The van der Waals surface area contributed by atoms with Gasteiger partial charge < -0.3 is 15.4 Å². The molecule has 0 aliphatic heterocycles. The van der Waals surface area contributed by atoms with Gasteiger partial charge in [0.2, 0.25) is 11.8 Å². The summed E-state index contributed by atoms with van der Waals surface area (Å²) in [6.07, 6.45) is 0.917. The van der Waals surface area contributed by atoms with Gasteiger partial charge in [0.25, 0.3) is 0 Å². The lowest BCUT2D eigenvalue weighted by molar-refractivity contribution is -0.128. The van der Waals surface area contributed by atoms with Crippen LogP contribution in [0.25, 0.3) is 0 Å². The van der Waals surface area contributed by atoms with Crippen molar-refractivity contribution in [3.8, 4) is 5.75 Å². The molecule has 0 saturated heterocycles. The molecule has 2 rings (SSSR count). The Morgan fingerprint density at radius 3 is 2.58 bits per heavy atom. The molecule has 2 N–H and O–H groups in total. The lowest BCUT2D eigenvalue weighted by atomic mass is 10.2. The Hall–Kier alpha value is -2.82. The van der Waals surface area contributed by atoms with E-state index < -0.39 is 6.04 Å². The molecule has 0 aliphatic carbocycles. The number of hydrogen-bond donors (Lipinski definition) is 2. The number of hydrogen-bond acceptors (Lipinski definition) is 3. The van der Waals surface area contributed by atoms with Gasteiger partial charge in [-0.05, 0) is 43.5 Å². The van der Waals surface area contributed by atoms with Crippen molar-refractivity contribution in [1.82, 2.24) is 10.6 Å². The third-order valence-corrected chi connectivity index (χ3v) is 3.89. The quantitative estimate of drug-likeness (QED) is 0.680. The Morgan fingerprint density at radius 2 is 1.85 bits per heavy atom. The minimum Gasteiger partial charge on any atom is -0.494 e. The molecule has 0 fully saturated rings. The predicted octanol–water partition coefficient (Wildman–Crippen LogP) is 2.98. The van der Waals surface area contributed by atoms with Gasteiger partial charge in [-0.1, -0.05) is 42.5 Å². The van der Waals surface area contributed by atoms with Crippen LogP contribution in [0.4, 0.5) is 0 Å². The molecule has 0 aliphatic rings. The average Bonchev–Trinajstić information content (AvgIpc) is 2.64. The van der Waals surface area contributed by atoms with E-state index in [-0.39, 0.29) is 11.8 Å². The second-order valence-electron chi connectivity index (χ2n) is 6.26. The number of nitrogens with one attached hydrogen (secondary N) is 2. The number of benzene rings is 2. The molecule has 0 saturated carbocycles. The summed E-state index contributed by atoms with van der Waals surface area (Å²) in [6.45, 7) is 4.60. The molecular weight excluding hydrogens is 328 g/mol. The van der Waals surface area contributed by atoms with Crippen LogP contribution in [0.3, 0.4) is 0 Å². The zero-order valence-corrected chi connectivity index (χ0v) is 15.3. The van der Waals surface area contributed by atoms with E-state index in [9.17, 15) is 9.59 Å². The molecule has 0 heterocycles. The first-order chi connectivity index (χ1) is 12.5. The SMILES string of the molecule is Cc1cccc(OCCCC(=O)NC(C)C(=O)NCc2ccccc2)c1. The highest BCUT2D eigenvalue weighted by Crippen LogP contribution is 2.12. The summed E-state index contributed by atoms with van der Waals surface area (Å²) in [5.74, 6) is 0.456. The number of carbonyl (C=O) groups excluding carboxylic acids is 2. The minimum absolute atomic E-state index is 0.153. The Balaban J connectivity index is 1.62. The molecule has 138 valence electrons. The van der Waals surface area contributed by atoms with E-state index in [0.717, 1.165) is 16.9 Å². The predicted molar refractivity (Wildman–Crippen MR) is 102 cm³/mol. The maximum Gasteiger partial charge on any atom is 0.242 e. The van der Waals surface area contributed by atoms with E-state index in [1.54, 1.807) is 6.92 Å². The average molecular weight is 354 g/mol. The number of amides is 2. The van der Waals surface area contributed by atoms with Gasteiger partial charge in [0.05, 0.1) is 6.61 Å². The lowest BCUT2D eigenvalue weighted by Crippen LogP contribution is -2.44. The van der Waals surface area contributed by atoms with Gasteiger partial charge in [0.15, 0.2) is 0 Å². The second kappa shape index (κ2) is 10.2. The summed E-state index contributed by atoms with van der Waals surface area (Å²) >= 11 is 0. The zero-order valence-electron chi connectivity index (χ0n) is 15.3. The van der Waals surface area contributed by atoms with Crippen molar-refractivity contribution in [2.75, 3.05) is 6.61 Å². The van der Waals surface area contributed by atoms with Gasteiger partial charge in [-0.25, -0.2) is 0 Å². The standard InChI is InChI=1S/C21H26N2O3/c1-16-8-6-11-19(14-16)26-13-7-12-20(24)23-17(2)21(25)22-15-18-9-4-3-5-10-18/h3-6,8-11,14,17H,7,12-13,15H2,1-2H3,(H,22,25)(H,23,24). The van der Waals surface area contributed by atoms with E-state index in [1.165, 1.54) is 0 Å². The molecule has 2 aromatic carbocycles. The number of carbonyl (C=O) groups is 2. The van der Waals surface area contributed by atoms with Crippen LogP contribution < -0.4 is 15.4 Å². The van der Waals surface area contributed by atoms with E-state index in [1.807, 2.05) is 61.5 Å². The van der Waals surface area contributed by atoms with Crippen LogP contribution in [0.15, 0.2) is 54.6 Å².